The summed E-state index contributed by atoms with van der Waals surface area (Å²) in [5, 5.41) is 9.59. The van der Waals surface area contributed by atoms with Crippen molar-refractivity contribution in [2.75, 3.05) is 6.61 Å². The van der Waals surface area contributed by atoms with Crippen molar-refractivity contribution in [1.29, 1.82) is 0 Å². The van der Waals surface area contributed by atoms with Crippen LogP contribution in [0, 0.1) is 0 Å². The van der Waals surface area contributed by atoms with Gasteiger partial charge < -0.3 is 18.1 Å². The molecular formula is C19H17N3O4S. The number of rotatable bonds is 7. The fourth-order valence-electron chi connectivity index (χ4n) is 2.79. The maximum absolute atomic E-state index is 12.4. The number of ether oxygens (including phenoxy) is 1. The first-order valence-electron chi connectivity index (χ1n) is 8.46. The lowest BCUT2D eigenvalue weighted by Gasteiger charge is -2.05. The average molecular weight is 383 g/mol. The van der Waals surface area contributed by atoms with Gasteiger partial charge in [0.2, 0.25) is 0 Å². The first-order valence-corrected chi connectivity index (χ1v) is 9.45. The molecule has 0 saturated heterocycles. The van der Waals surface area contributed by atoms with Crippen LogP contribution in [0.5, 0.6) is 0 Å². The summed E-state index contributed by atoms with van der Waals surface area (Å²) in [7, 11) is 0. The maximum atomic E-state index is 12.4. The topological polar surface area (TPSA) is 83.3 Å². The van der Waals surface area contributed by atoms with E-state index < -0.39 is 0 Å². The van der Waals surface area contributed by atoms with E-state index in [9.17, 15) is 4.79 Å². The summed E-state index contributed by atoms with van der Waals surface area (Å²) in [6, 6.07) is 11.2. The van der Waals surface area contributed by atoms with Crippen molar-refractivity contribution in [1.82, 2.24) is 14.8 Å². The monoisotopic (exact) mass is 383 g/mol. The SMILES string of the molecule is CCOC(=O)c1c(CSc2nncn2Cc2ccco2)oc2ccccc12. The molecule has 0 fully saturated rings. The summed E-state index contributed by atoms with van der Waals surface area (Å²) >= 11 is 1.44. The van der Waals surface area contributed by atoms with Crippen LogP contribution in [0.15, 0.2) is 63.0 Å². The van der Waals surface area contributed by atoms with Gasteiger partial charge in [-0.2, -0.15) is 0 Å². The molecule has 0 aliphatic rings. The molecule has 0 saturated carbocycles. The number of nitrogens with zero attached hydrogens (tertiary/aromatic N) is 3. The molecule has 0 radical (unpaired) electrons. The van der Waals surface area contributed by atoms with Gasteiger partial charge >= 0.3 is 5.97 Å². The number of carbonyl (C=O) groups is 1. The first kappa shape index (κ1) is 17.4. The standard InChI is InChI=1S/C19H17N3O4S/c1-2-24-18(23)17-14-7-3-4-8-15(14)26-16(17)11-27-19-21-20-12-22(19)10-13-6-5-9-25-13/h3-9,12H,2,10-11H2,1H3. The molecule has 0 aliphatic carbocycles. The Balaban J connectivity index is 1.58. The van der Waals surface area contributed by atoms with Gasteiger partial charge in [-0.05, 0) is 25.1 Å². The molecule has 0 aliphatic heterocycles. The van der Waals surface area contributed by atoms with Gasteiger partial charge in [0, 0.05) is 5.39 Å². The molecule has 4 aromatic rings. The van der Waals surface area contributed by atoms with Gasteiger partial charge in [-0.1, -0.05) is 30.0 Å². The summed E-state index contributed by atoms with van der Waals surface area (Å²) in [6.45, 7) is 2.63. The highest BCUT2D eigenvalue weighted by Crippen LogP contribution is 2.31. The highest BCUT2D eigenvalue weighted by atomic mass is 32.2. The van der Waals surface area contributed by atoms with Crippen LogP contribution < -0.4 is 0 Å². The fraction of sp³-hybridized carbons (Fsp3) is 0.211. The van der Waals surface area contributed by atoms with Crippen molar-refractivity contribution in [3.05, 3.63) is 66.1 Å². The van der Waals surface area contributed by atoms with Crippen molar-refractivity contribution in [3.63, 3.8) is 0 Å². The Morgan fingerprint density at radius 2 is 2.15 bits per heavy atom. The fourth-order valence-corrected chi connectivity index (χ4v) is 3.64. The van der Waals surface area contributed by atoms with Gasteiger partial charge in [0.05, 0.1) is 25.2 Å². The third-order valence-corrected chi connectivity index (χ3v) is 4.95. The van der Waals surface area contributed by atoms with Crippen LogP contribution in [-0.4, -0.2) is 27.3 Å². The van der Waals surface area contributed by atoms with Crippen molar-refractivity contribution >= 4 is 28.7 Å². The van der Waals surface area contributed by atoms with E-state index >= 15 is 0 Å². The van der Waals surface area contributed by atoms with E-state index in [1.165, 1.54) is 11.8 Å². The number of fused-ring (bicyclic) bond motifs is 1. The Morgan fingerprint density at radius 3 is 2.96 bits per heavy atom. The molecule has 0 atom stereocenters. The van der Waals surface area contributed by atoms with Crippen molar-refractivity contribution in [2.45, 2.75) is 24.4 Å². The highest BCUT2D eigenvalue weighted by molar-refractivity contribution is 7.98. The summed E-state index contributed by atoms with van der Waals surface area (Å²) in [6.07, 6.45) is 3.28. The van der Waals surface area contributed by atoms with Crippen LogP contribution in [-0.2, 0) is 17.0 Å². The lowest BCUT2D eigenvalue weighted by molar-refractivity contribution is 0.0526. The molecule has 0 bridgehead atoms. The summed E-state index contributed by atoms with van der Waals surface area (Å²) < 4.78 is 18.4. The second-order valence-electron chi connectivity index (χ2n) is 5.73. The van der Waals surface area contributed by atoms with Gasteiger partial charge in [0.1, 0.15) is 29.0 Å². The molecule has 0 N–H and O–H groups in total. The predicted octanol–water partition coefficient (Wildman–Crippen LogP) is 4.13. The molecule has 3 heterocycles. The largest absolute Gasteiger partial charge is 0.467 e. The first-order chi connectivity index (χ1) is 13.3. The van der Waals surface area contributed by atoms with Crippen LogP contribution in [0.3, 0.4) is 0 Å². The number of para-hydroxylation sites is 1. The number of carbonyl (C=O) groups excluding carboxylic acids is 1. The zero-order valence-corrected chi connectivity index (χ0v) is 15.4. The number of benzene rings is 1. The normalized spacial score (nSPS) is 11.1. The molecule has 27 heavy (non-hydrogen) atoms. The molecular weight excluding hydrogens is 366 g/mol. The second kappa shape index (κ2) is 7.71. The minimum Gasteiger partial charge on any atom is -0.467 e. The number of furan rings is 2. The Hall–Kier alpha value is -3.00. The maximum Gasteiger partial charge on any atom is 0.342 e. The molecule has 4 rings (SSSR count). The van der Waals surface area contributed by atoms with E-state index in [0.29, 0.717) is 41.0 Å². The summed E-state index contributed by atoms with van der Waals surface area (Å²) in [5.41, 5.74) is 1.13. The predicted molar refractivity (Wildman–Crippen MR) is 99.6 cm³/mol. The van der Waals surface area contributed by atoms with Crippen LogP contribution in [0.1, 0.15) is 28.8 Å². The van der Waals surface area contributed by atoms with E-state index in [-0.39, 0.29) is 5.97 Å². The molecule has 7 nitrogen and oxygen atoms in total. The Bertz CT molecular complexity index is 1050. The third kappa shape index (κ3) is 3.61. The minimum atomic E-state index is -0.380. The van der Waals surface area contributed by atoms with Crippen LogP contribution in [0.25, 0.3) is 11.0 Å². The van der Waals surface area contributed by atoms with Gasteiger partial charge in [-0.15, -0.1) is 10.2 Å². The van der Waals surface area contributed by atoms with Gasteiger partial charge in [0.25, 0.3) is 0 Å². The van der Waals surface area contributed by atoms with E-state index in [2.05, 4.69) is 10.2 Å². The molecule has 3 aromatic heterocycles. The van der Waals surface area contributed by atoms with E-state index in [1.54, 1.807) is 19.5 Å². The van der Waals surface area contributed by atoms with Gasteiger partial charge in [-0.25, -0.2) is 4.79 Å². The molecule has 0 spiro atoms. The third-order valence-electron chi connectivity index (χ3n) is 3.97. The Morgan fingerprint density at radius 1 is 1.26 bits per heavy atom. The summed E-state index contributed by atoms with van der Waals surface area (Å²) in [5.74, 6) is 1.43. The van der Waals surface area contributed by atoms with Gasteiger partial charge in [0.15, 0.2) is 5.16 Å². The molecule has 0 unspecified atom stereocenters. The van der Waals surface area contributed by atoms with Crippen molar-refractivity contribution in [2.24, 2.45) is 0 Å². The highest BCUT2D eigenvalue weighted by Gasteiger charge is 2.22. The molecule has 1 aromatic carbocycles. The molecule has 0 amide bonds. The number of aromatic nitrogens is 3. The lowest BCUT2D eigenvalue weighted by atomic mass is 10.1. The van der Waals surface area contributed by atoms with Crippen LogP contribution in [0.4, 0.5) is 0 Å². The second-order valence-corrected chi connectivity index (χ2v) is 6.67. The van der Waals surface area contributed by atoms with Crippen LogP contribution in [0.2, 0.25) is 0 Å². The lowest BCUT2D eigenvalue weighted by Crippen LogP contribution is -2.06. The average Bonchev–Trinajstić information content (AvgIpc) is 3.40. The Kier molecular flexibility index (Phi) is 4.97. The summed E-state index contributed by atoms with van der Waals surface area (Å²) in [4.78, 5) is 12.4. The Labute approximate surface area is 159 Å². The molecule has 138 valence electrons. The molecule has 8 heteroatoms. The zero-order chi connectivity index (χ0) is 18.6. The van der Waals surface area contributed by atoms with E-state index in [0.717, 1.165) is 11.1 Å². The van der Waals surface area contributed by atoms with Crippen LogP contribution >= 0.6 is 11.8 Å². The van der Waals surface area contributed by atoms with Gasteiger partial charge in [-0.3, -0.25) is 0 Å². The minimum absolute atomic E-state index is 0.308. The van der Waals surface area contributed by atoms with E-state index in [1.807, 2.05) is 41.0 Å². The number of hydrogen-bond donors (Lipinski definition) is 0. The smallest absolute Gasteiger partial charge is 0.342 e. The number of esters is 1. The zero-order valence-electron chi connectivity index (χ0n) is 14.6. The number of hydrogen-bond acceptors (Lipinski definition) is 7. The number of thioether (sulfide) groups is 1. The van der Waals surface area contributed by atoms with E-state index in [4.69, 9.17) is 13.6 Å². The van der Waals surface area contributed by atoms with Crippen molar-refractivity contribution in [3.8, 4) is 0 Å². The quantitative estimate of drug-likeness (QED) is 0.350. The van der Waals surface area contributed by atoms with Crippen molar-refractivity contribution < 1.29 is 18.4 Å².